The molecule has 3 rings (SSSR count). The first-order valence-electron chi connectivity index (χ1n) is 8.38. The lowest BCUT2D eigenvalue weighted by atomic mass is 9.95. The predicted octanol–water partition coefficient (Wildman–Crippen LogP) is 3.60. The van der Waals surface area contributed by atoms with E-state index in [1.807, 2.05) is 18.2 Å². The molecule has 0 amide bonds. The van der Waals surface area contributed by atoms with Gasteiger partial charge in [-0.2, -0.15) is 0 Å². The Labute approximate surface area is 137 Å². The SMILES string of the molecule is CCCOc1ncccc1O[C@H](c1ccccc1)C1CCNC1. The molecule has 0 saturated carbocycles. The van der Waals surface area contributed by atoms with Crippen molar-refractivity contribution in [2.75, 3.05) is 19.7 Å². The molecule has 2 heterocycles. The van der Waals surface area contributed by atoms with Crippen LogP contribution in [0, 0.1) is 5.92 Å². The summed E-state index contributed by atoms with van der Waals surface area (Å²) in [6.45, 7) is 4.75. The van der Waals surface area contributed by atoms with E-state index in [0.717, 1.165) is 31.7 Å². The summed E-state index contributed by atoms with van der Waals surface area (Å²) in [6, 6.07) is 14.3. The Bertz CT molecular complexity index is 597. The lowest BCUT2D eigenvalue weighted by Gasteiger charge is -2.25. The quantitative estimate of drug-likeness (QED) is 0.848. The van der Waals surface area contributed by atoms with E-state index in [4.69, 9.17) is 9.47 Å². The summed E-state index contributed by atoms with van der Waals surface area (Å²) in [4.78, 5) is 4.33. The summed E-state index contributed by atoms with van der Waals surface area (Å²) in [5, 5.41) is 3.43. The fourth-order valence-corrected chi connectivity index (χ4v) is 2.92. The van der Waals surface area contributed by atoms with Gasteiger partial charge in [-0.1, -0.05) is 37.3 Å². The fourth-order valence-electron chi connectivity index (χ4n) is 2.92. The summed E-state index contributed by atoms with van der Waals surface area (Å²) >= 11 is 0. The van der Waals surface area contributed by atoms with E-state index in [-0.39, 0.29) is 6.10 Å². The maximum Gasteiger partial charge on any atom is 0.257 e. The van der Waals surface area contributed by atoms with Gasteiger partial charge in [0.15, 0.2) is 5.75 Å². The van der Waals surface area contributed by atoms with Crippen molar-refractivity contribution >= 4 is 0 Å². The van der Waals surface area contributed by atoms with Gasteiger partial charge in [-0.15, -0.1) is 0 Å². The molecule has 1 unspecified atom stereocenters. The Hall–Kier alpha value is -2.07. The van der Waals surface area contributed by atoms with Crippen molar-refractivity contribution in [2.24, 2.45) is 5.92 Å². The maximum absolute atomic E-state index is 6.39. The molecule has 4 heteroatoms. The lowest BCUT2D eigenvalue weighted by Crippen LogP contribution is -2.21. The molecule has 0 bridgehead atoms. The number of hydrogen-bond acceptors (Lipinski definition) is 4. The zero-order valence-electron chi connectivity index (χ0n) is 13.6. The van der Waals surface area contributed by atoms with Crippen LogP contribution in [0.4, 0.5) is 0 Å². The van der Waals surface area contributed by atoms with Crippen molar-refractivity contribution in [1.82, 2.24) is 10.3 Å². The molecule has 1 aromatic carbocycles. The van der Waals surface area contributed by atoms with Crippen LogP contribution in [0.1, 0.15) is 31.4 Å². The minimum atomic E-state index is 0.0133. The van der Waals surface area contributed by atoms with E-state index in [1.54, 1.807) is 6.20 Å². The predicted molar refractivity (Wildman–Crippen MR) is 90.8 cm³/mol. The van der Waals surface area contributed by atoms with Gasteiger partial charge in [-0.3, -0.25) is 0 Å². The van der Waals surface area contributed by atoms with E-state index >= 15 is 0 Å². The number of nitrogens with zero attached hydrogens (tertiary/aromatic N) is 1. The molecule has 23 heavy (non-hydrogen) atoms. The summed E-state index contributed by atoms with van der Waals surface area (Å²) in [5.74, 6) is 1.76. The van der Waals surface area contributed by atoms with Crippen LogP contribution in [0.15, 0.2) is 48.7 Å². The van der Waals surface area contributed by atoms with Gasteiger partial charge in [0.25, 0.3) is 5.88 Å². The van der Waals surface area contributed by atoms with Gasteiger partial charge in [0.1, 0.15) is 6.10 Å². The average molecular weight is 312 g/mol. The Kier molecular flexibility index (Phi) is 5.48. The zero-order chi connectivity index (χ0) is 15.9. The summed E-state index contributed by atoms with van der Waals surface area (Å²) < 4.78 is 12.1. The smallest absolute Gasteiger partial charge is 0.257 e. The topological polar surface area (TPSA) is 43.4 Å². The highest BCUT2D eigenvalue weighted by Crippen LogP contribution is 2.35. The molecule has 1 aliphatic heterocycles. The van der Waals surface area contributed by atoms with Crippen molar-refractivity contribution in [3.8, 4) is 11.6 Å². The van der Waals surface area contributed by atoms with Gasteiger partial charge in [0.2, 0.25) is 0 Å². The van der Waals surface area contributed by atoms with Gasteiger partial charge in [0.05, 0.1) is 6.61 Å². The minimum absolute atomic E-state index is 0.0133. The van der Waals surface area contributed by atoms with Crippen LogP contribution in [-0.2, 0) is 0 Å². The average Bonchev–Trinajstić information content (AvgIpc) is 3.13. The highest BCUT2D eigenvalue weighted by molar-refractivity contribution is 5.34. The molecule has 1 N–H and O–H groups in total. The largest absolute Gasteiger partial charge is 0.480 e. The van der Waals surface area contributed by atoms with Gasteiger partial charge >= 0.3 is 0 Å². The van der Waals surface area contributed by atoms with Crippen molar-refractivity contribution in [3.05, 3.63) is 54.2 Å². The first-order valence-corrected chi connectivity index (χ1v) is 8.38. The molecular weight excluding hydrogens is 288 g/mol. The van der Waals surface area contributed by atoms with Crippen molar-refractivity contribution in [1.29, 1.82) is 0 Å². The molecule has 0 aliphatic carbocycles. The fraction of sp³-hybridized carbons (Fsp3) is 0.421. The molecule has 1 aromatic heterocycles. The normalized spacial score (nSPS) is 18.6. The highest BCUT2D eigenvalue weighted by atomic mass is 16.5. The Morgan fingerprint density at radius 2 is 2.09 bits per heavy atom. The molecule has 1 fully saturated rings. The second-order valence-electron chi connectivity index (χ2n) is 5.86. The van der Waals surface area contributed by atoms with Crippen LogP contribution in [-0.4, -0.2) is 24.7 Å². The molecule has 1 saturated heterocycles. The first kappa shape index (κ1) is 15.8. The second-order valence-corrected chi connectivity index (χ2v) is 5.86. The van der Waals surface area contributed by atoms with Crippen LogP contribution < -0.4 is 14.8 Å². The third kappa shape index (κ3) is 4.02. The number of ether oxygens (including phenoxy) is 2. The van der Waals surface area contributed by atoms with Crippen LogP contribution >= 0.6 is 0 Å². The Morgan fingerprint density at radius 3 is 2.83 bits per heavy atom. The molecule has 122 valence electrons. The minimum Gasteiger partial charge on any atom is -0.480 e. The van der Waals surface area contributed by atoms with E-state index in [1.165, 1.54) is 5.56 Å². The van der Waals surface area contributed by atoms with Crippen LogP contribution in [0.5, 0.6) is 11.6 Å². The molecular formula is C19H24N2O2. The number of benzene rings is 1. The van der Waals surface area contributed by atoms with E-state index in [0.29, 0.717) is 18.4 Å². The number of hydrogen-bond donors (Lipinski definition) is 1. The highest BCUT2D eigenvalue weighted by Gasteiger charge is 2.28. The molecule has 2 atom stereocenters. The Balaban J connectivity index is 1.84. The number of aromatic nitrogens is 1. The molecule has 1 aliphatic rings. The van der Waals surface area contributed by atoms with Crippen LogP contribution in [0.2, 0.25) is 0 Å². The third-order valence-electron chi connectivity index (χ3n) is 4.09. The number of nitrogens with one attached hydrogen (secondary N) is 1. The zero-order valence-corrected chi connectivity index (χ0v) is 13.6. The van der Waals surface area contributed by atoms with Crippen molar-refractivity contribution < 1.29 is 9.47 Å². The maximum atomic E-state index is 6.39. The van der Waals surface area contributed by atoms with Gasteiger partial charge in [-0.25, -0.2) is 4.98 Å². The van der Waals surface area contributed by atoms with E-state index in [2.05, 4.69) is 41.5 Å². The van der Waals surface area contributed by atoms with Crippen molar-refractivity contribution in [3.63, 3.8) is 0 Å². The Morgan fingerprint density at radius 1 is 1.22 bits per heavy atom. The van der Waals surface area contributed by atoms with Gasteiger partial charge in [0, 0.05) is 18.7 Å². The van der Waals surface area contributed by atoms with E-state index < -0.39 is 0 Å². The molecule has 0 spiro atoms. The van der Waals surface area contributed by atoms with Gasteiger partial charge in [-0.05, 0) is 37.1 Å². The van der Waals surface area contributed by atoms with E-state index in [9.17, 15) is 0 Å². The van der Waals surface area contributed by atoms with Crippen molar-refractivity contribution in [2.45, 2.75) is 25.9 Å². The summed E-state index contributed by atoms with van der Waals surface area (Å²) in [6.07, 6.45) is 3.82. The summed E-state index contributed by atoms with van der Waals surface area (Å²) in [5.41, 5.74) is 1.20. The summed E-state index contributed by atoms with van der Waals surface area (Å²) in [7, 11) is 0. The number of rotatable bonds is 7. The molecule has 0 radical (unpaired) electrons. The monoisotopic (exact) mass is 312 g/mol. The lowest BCUT2D eigenvalue weighted by molar-refractivity contribution is 0.135. The van der Waals surface area contributed by atoms with Crippen LogP contribution in [0.3, 0.4) is 0 Å². The second kappa shape index (κ2) is 7.97. The van der Waals surface area contributed by atoms with Crippen LogP contribution in [0.25, 0.3) is 0 Å². The first-order chi connectivity index (χ1) is 11.4. The third-order valence-corrected chi connectivity index (χ3v) is 4.09. The van der Waals surface area contributed by atoms with Gasteiger partial charge < -0.3 is 14.8 Å². The standard InChI is InChI=1S/C19H24N2O2/c1-2-13-22-19-17(9-6-11-21-19)23-18(16-10-12-20-14-16)15-7-4-3-5-8-15/h3-9,11,16,18,20H,2,10,12-14H2,1H3/t16?,18-/m1/s1. The number of pyridine rings is 1. The molecule has 2 aromatic rings. The molecule has 4 nitrogen and oxygen atoms in total.